The van der Waals surface area contributed by atoms with Crippen LogP contribution in [0.1, 0.15) is 56.6 Å². The van der Waals surface area contributed by atoms with Gasteiger partial charge in [-0.05, 0) is 42.3 Å². The molecular weight excluding hydrogens is 545 g/mol. The minimum atomic E-state index is -4.86. The van der Waals surface area contributed by atoms with Crippen molar-refractivity contribution in [1.29, 1.82) is 5.26 Å². The zero-order valence-electron chi connectivity index (χ0n) is 20.1. The predicted octanol–water partition coefficient (Wildman–Crippen LogP) is 4.55. The van der Waals surface area contributed by atoms with Gasteiger partial charge in [0.25, 0.3) is 0 Å². The summed E-state index contributed by atoms with van der Waals surface area (Å²) in [6.07, 6.45) is -4.19. The predicted molar refractivity (Wildman–Crippen MR) is 131 cm³/mol. The Bertz CT molecular complexity index is 1610. The number of aryl methyl sites for hydroxylation is 1. The van der Waals surface area contributed by atoms with Crippen LogP contribution in [-0.4, -0.2) is 46.3 Å². The van der Waals surface area contributed by atoms with Crippen LogP contribution in [0.2, 0.25) is 5.02 Å². The molecule has 0 aliphatic carbocycles. The van der Waals surface area contributed by atoms with E-state index in [0.717, 1.165) is 0 Å². The van der Waals surface area contributed by atoms with Gasteiger partial charge in [-0.2, -0.15) is 23.5 Å². The summed E-state index contributed by atoms with van der Waals surface area (Å²) in [6.45, 7) is 3.23. The maximum atomic E-state index is 13.5. The van der Waals surface area contributed by atoms with Crippen LogP contribution in [0.5, 0.6) is 0 Å². The SMILES string of the molecule is Cc1cc(C#N)cc(C(=O)CC2(C)CS(=O)(=O)C2)c1CC(=O)c1cc(C(F)(F)F)nn1-c1ncccc1Cl. The molecule has 3 aromatic rings. The summed E-state index contributed by atoms with van der Waals surface area (Å²) in [5, 5.41) is 12.9. The van der Waals surface area contributed by atoms with Gasteiger partial charge >= 0.3 is 6.18 Å². The highest BCUT2D eigenvalue weighted by Gasteiger charge is 2.46. The van der Waals surface area contributed by atoms with Crippen molar-refractivity contribution < 1.29 is 31.2 Å². The second kappa shape index (κ2) is 9.63. The molecule has 0 radical (unpaired) electrons. The molecule has 0 atom stereocenters. The van der Waals surface area contributed by atoms with Crippen LogP contribution in [-0.2, 0) is 22.4 Å². The van der Waals surface area contributed by atoms with Gasteiger partial charge in [0.15, 0.2) is 32.9 Å². The van der Waals surface area contributed by atoms with Gasteiger partial charge in [0.05, 0.1) is 28.2 Å². The highest BCUT2D eigenvalue weighted by atomic mass is 35.5. The first-order chi connectivity index (χ1) is 17.6. The molecule has 2 aromatic heterocycles. The summed E-state index contributed by atoms with van der Waals surface area (Å²) in [6, 6.07) is 8.15. The van der Waals surface area contributed by atoms with E-state index in [-0.39, 0.29) is 45.5 Å². The first kappa shape index (κ1) is 27.5. The number of alkyl halides is 3. The zero-order chi connectivity index (χ0) is 28.0. The van der Waals surface area contributed by atoms with E-state index in [4.69, 9.17) is 11.6 Å². The van der Waals surface area contributed by atoms with Gasteiger partial charge < -0.3 is 0 Å². The van der Waals surface area contributed by atoms with E-state index in [9.17, 15) is 36.4 Å². The fraction of sp³-hybridized carbons (Fsp3) is 0.320. The minimum Gasteiger partial charge on any atom is -0.294 e. The molecule has 0 spiro atoms. The number of halogens is 4. The lowest BCUT2D eigenvalue weighted by atomic mass is 9.83. The molecule has 0 bridgehead atoms. The topological polar surface area (TPSA) is 123 Å². The number of benzene rings is 1. The summed E-state index contributed by atoms with van der Waals surface area (Å²) in [5.41, 5.74) is -1.74. The van der Waals surface area contributed by atoms with Crippen molar-refractivity contribution in [2.24, 2.45) is 5.41 Å². The average Bonchev–Trinajstić information content (AvgIpc) is 3.24. The lowest BCUT2D eigenvalue weighted by molar-refractivity contribution is -0.141. The Morgan fingerprint density at radius 3 is 2.47 bits per heavy atom. The summed E-state index contributed by atoms with van der Waals surface area (Å²) in [5.74, 6) is -1.78. The van der Waals surface area contributed by atoms with Crippen molar-refractivity contribution in [3.63, 3.8) is 0 Å². The maximum Gasteiger partial charge on any atom is 0.435 e. The molecule has 3 heterocycles. The number of nitrogens with zero attached hydrogens (tertiary/aromatic N) is 4. The van der Waals surface area contributed by atoms with Gasteiger partial charge in [0.2, 0.25) is 0 Å². The van der Waals surface area contributed by atoms with Crippen LogP contribution < -0.4 is 0 Å². The number of aromatic nitrogens is 3. The summed E-state index contributed by atoms with van der Waals surface area (Å²) in [7, 11) is -3.22. The largest absolute Gasteiger partial charge is 0.435 e. The van der Waals surface area contributed by atoms with Gasteiger partial charge in [-0.3, -0.25) is 9.59 Å². The molecule has 13 heteroatoms. The van der Waals surface area contributed by atoms with Gasteiger partial charge in [-0.25, -0.2) is 18.1 Å². The van der Waals surface area contributed by atoms with E-state index in [1.807, 2.05) is 6.07 Å². The Balaban J connectivity index is 1.75. The van der Waals surface area contributed by atoms with E-state index in [1.54, 1.807) is 13.8 Å². The number of ketones is 2. The zero-order valence-corrected chi connectivity index (χ0v) is 21.7. The van der Waals surface area contributed by atoms with Crippen molar-refractivity contribution >= 4 is 33.0 Å². The third-order valence-corrected chi connectivity index (χ3v) is 8.76. The van der Waals surface area contributed by atoms with Crippen molar-refractivity contribution in [3.05, 3.63) is 75.2 Å². The highest BCUT2D eigenvalue weighted by Crippen LogP contribution is 2.38. The normalized spacial score (nSPS) is 15.9. The first-order valence-corrected chi connectivity index (χ1v) is 13.4. The Morgan fingerprint density at radius 1 is 1.21 bits per heavy atom. The fourth-order valence-corrected chi connectivity index (χ4v) is 7.08. The Labute approximate surface area is 221 Å². The van der Waals surface area contributed by atoms with Crippen molar-refractivity contribution in [1.82, 2.24) is 14.8 Å². The number of hydrogen-bond acceptors (Lipinski definition) is 7. The van der Waals surface area contributed by atoms with Gasteiger partial charge in [-0.1, -0.05) is 18.5 Å². The van der Waals surface area contributed by atoms with E-state index in [1.165, 1.54) is 30.5 Å². The molecule has 0 N–H and O–H groups in total. The molecule has 4 rings (SSSR count). The van der Waals surface area contributed by atoms with Crippen LogP contribution in [0, 0.1) is 23.7 Å². The van der Waals surface area contributed by atoms with Gasteiger partial charge in [0, 0.05) is 36.1 Å². The molecular formula is C25H20ClF3N4O4S. The molecule has 1 aliphatic rings. The minimum absolute atomic E-state index is 0.0347. The smallest absolute Gasteiger partial charge is 0.294 e. The van der Waals surface area contributed by atoms with E-state index in [0.29, 0.717) is 16.3 Å². The summed E-state index contributed by atoms with van der Waals surface area (Å²) < 4.78 is 64.6. The molecule has 1 fully saturated rings. The van der Waals surface area contributed by atoms with Crippen LogP contribution in [0.3, 0.4) is 0 Å². The van der Waals surface area contributed by atoms with Gasteiger partial charge in [-0.15, -0.1) is 0 Å². The highest BCUT2D eigenvalue weighted by molar-refractivity contribution is 7.92. The van der Waals surface area contributed by atoms with Crippen LogP contribution in [0.4, 0.5) is 13.2 Å². The molecule has 1 aromatic carbocycles. The quantitative estimate of drug-likeness (QED) is 0.386. The lowest BCUT2D eigenvalue weighted by Gasteiger charge is -2.37. The monoisotopic (exact) mass is 564 g/mol. The van der Waals surface area contributed by atoms with Crippen molar-refractivity contribution in [2.75, 3.05) is 11.5 Å². The molecule has 198 valence electrons. The van der Waals surface area contributed by atoms with Crippen molar-refractivity contribution in [3.8, 4) is 11.9 Å². The Hall–Kier alpha value is -3.56. The third-order valence-electron chi connectivity index (χ3n) is 6.19. The number of Topliss-reactive ketones (excluding diaryl/α,β-unsaturated/α-hetero) is 2. The molecule has 0 amide bonds. The second-order valence-corrected chi connectivity index (χ2v) is 12.1. The number of pyridine rings is 1. The lowest BCUT2D eigenvalue weighted by Crippen LogP contribution is -2.47. The number of carbonyl (C=O) groups is 2. The maximum absolute atomic E-state index is 13.5. The molecule has 0 unspecified atom stereocenters. The average molecular weight is 565 g/mol. The molecule has 0 saturated carbocycles. The van der Waals surface area contributed by atoms with E-state index >= 15 is 0 Å². The van der Waals surface area contributed by atoms with Crippen LogP contribution in [0.25, 0.3) is 5.82 Å². The number of nitriles is 1. The first-order valence-electron chi connectivity index (χ1n) is 11.2. The Morgan fingerprint density at radius 2 is 1.89 bits per heavy atom. The molecule has 38 heavy (non-hydrogen) atoms. The van der Waals surface area contributed by atoms with Gasteiger partial charge in [0.1, 0.15) is 5.69 Å². The summed E-state index contributed by atoms with van der Waals surface area (Å²) >= 11 is 6.11. The number of rotatable bonds is 7. The fourth-order valence-electron chi connectivity index (χ4n) is 4.63. The number of carbonyl (C=O) groups excluding carboxylic acids is 2. The molecule has 8 nitrogen and oxygen atoms in total. The number of hydrogen-bond donors (Lipinski definition) is 0. The molecule has 1 aliphatic heterocycles. The van der Waals surface area contributed by atoms with Crippen molar-refractivity contribution in [2.45, 2.75) is 32.9 Å². The number of sulfone groups is 1. The third kappa shape index (κ3) is 5.49. The Kier molecular flexibility index (Phi) is 6.96. The standard InChI is InChI=1S/C25H20ClF3N4O4S/c1-14-6-15(11-30)7-17(21(35)10-24(2)12-38(36,37)13-24)16(14)8-20(34)19-9-22(25(27,28)29)32-33(19)23-18(26)4-3-5-31-23/h3-7,9H,8,10,12-13H2,1-2H3. The van der Waals surface area contributed by atoms with E-state index < -0.39 is 50.8 Å². The van der Waals surface area contributed by atoms with E-state index in [2.05, 4.69) is 10.1 Å². The van der Waals surface area contributed by atoms with Crippen LogP contribution >= 0.6 is 11.6 Å². The summed E-state index contributed by atoms with van der Waals surface area (Å²) in [4.78, 5) is 30.7. The molecule has 1 saturated heterocycles. The van der Waals surface area contributed by atoms with Crippen LogP contribution in [0.15, 0.2) is 36.5 Å². The second-order valence-electron chi connectivity index (χ2n) is 9.61.